The number of oxazole rings is 1. The van der Waals surface area contributed by atoms with E-state index in [9.17, 15) is 0 Å². The molecule has 92 valence electrons. The van der Waals surface area contributed by atoms with Crippen LogP contribution in [-0.2, 0) is 0 Å². The molecule has 0 aliphatic carbocycles. The lowest BCUT2D eigenvalue weighted by atomic mass is 10.4. The highest BCUT2D eigenvalue weighted by Crippen LogP contribution is 2.30. The molecule has 0 spiro atoms. The van der Waals surface area contributed by atoms with Gasteiger partial charge in [-0.1, -0.05) is 0 Å². The molecule has 0 saturated carbocycles. The fraction of sp³-hybridized carbons (Fsp3) is 0.200. The first-order valence-electron chi connectivity index (χ1n) is 5.25. The molecule has 0 atom stereocenters. The summed E-state index contributed by atoms with van der Waals surface area (Å²) in [6.45, 7) is 1.88. The molecule has 3 aromatic rings. The quantitative estimate of drug-likeness (QED) is 0.696. The van der Waals surface area contributed by atoms with Gasteiger partial charge in [-0.3, -0.25) is 5.10 Å². The van der Waals surface area contributed by atoms with Crippen LogP contribution in [-0.4, -0.2) is 32.2 Å². The van der Waals surface area contributed by atoms with Crippen molar-refractivity contribution in [3.63, 3.8) is 0 Å². The van der Waals surface area contributed by atoms with Crippen molar-refractivity contribution in [3.05, 3.63) is 18.2 Å². The minimum atomic E-state index is 0.525. The minimum Gasteiger partial charge on any atom is -0.439 e. The molecule has 3 heterocycles. The van der Waals surface area contributed by atoms with Gasteiger partial charge in [-0.15, -0.1) is 0 Å². The van der Waals surface area contributed by atoms with E-state index < -0.39 is 0 Å². The number of hydrogen-bond donors (Lipinski definition) is 2. The van der Waals surface area contributed by atoms with Crippen LogP contribution in [0.4, 0.5) is 5.95 Å². The predicted molar refractivity (Wildman–Crippen MR) is 66.6 cm³/mol. The van der Waals surface area contributed by atoms with Crippen molar-refractivity contribution in [1.29, 1.82) is 0 Å². The van der Waals surface area contributed by atoms with Crippen LogP contribution in [0.2, 0.25) is 0 Å². The summed E-state index contributed by atoms with van der Waals surface area (Å²) in [7, 11) is 1.77. The van der Waals surface area contributed by atoms with Crippen molar-refractivity contribution < 1.29 is 4.42 Å². The zero-order valence-electron chi connectivity index (χ0n) is 9.76. The molecule has 0 amide bonds. The van der Waals surface area contributed by atoms with E-state index in [0.29, 0.717) is 16.8 Å². The van der Waals surface area contributed by atoms with Crippen molar-refractivity contribution in [2.75, 3.05) is 12.4 Å². The number of H-pyrrole nitrogens is 1. The zero-order valence-corrected chi connectivity index (χ0v) is 10.6. The van der Waals surface area contributed by atoms with Crippen LogP contribution >= 0.6 is 11.8 Å². The van der Waals surface area contributed by atoms with Crippen molar-refractivity contribution in [1.82, 2.24) is 25.1 Å². The molecule has 0 fully saturated rings. The Morgan fingerprint density at radius 3 is 2.94 bits per heavy atom. The van der Waals surface area contributed by atoms with Crippen LogP contribution in [0.5, 0.6) is 0 Å². The summed E-state index contributed by atoms with van der Waals surface area (Å²) < 4.78 is 5.31. The molecule has 0 aromatic carbocycles. The molecule has 18 heavy (non-hydrogen) atoms. The molecule has 7 nitrogen and oxygen atoms in total. The number of anilines is 1. The maximum absolute atomic E-state index is 5.31. The molecular weight excluding hydrogens is 252 g/mol. The Bertz CT molecular complexity index is 691. The number of aromatic nitrogens is 5. The number of rotatable bonds is 3. The van der Waals surface area contributed by atoms with Crippen LogP contribution in [0.15, 0.2) is 27.1 Å². The second kappa shape index (κ2) is 4.30. The molecule has 3 aromatic heterocycles. The highest BCUT2D eigenvalue weighted by Gasteiger charge is 2.13. The molecule has 0 bridgehead atoms. The van der Waals surface area contributed by atoms with Gasteiger partial charge in [0.05, 0.1) is 17.3 Å². The summed E-state index contributed by atoms with van der Waals surface area (Å²) in [5.41, 5.74) is 1.52. The number of nitrogens with zero attached hydrogens (tertiary/aromatic N) is 4. The first-order valence-corrected chi connectivity index (χ1v) is 6.07. The first-order chi connectivity index (χ1) is 8.76. The molecular formula is C10H10N6OS. The first kappa shape index (κ1) is 11.0. The third kappa shape index (κ3) is 1.90. The molecule has 0 aliphatic heterocycles. The summed E-state index contributed by atoms with van der Waals surface area (Å²) >= 11 is 1.34. The van der Waals surface area contributed by atoms with Crippen molar-refractivity contribution in [2.24, 2.45) is 0 Å². The smallest absolute Gasteiger partial charge is 0.262 e. The third-order valence-corrected chi connectivity index (χ3v) is 3.15. The number of fused-ring (bicyclic) bond motifs is 1. The maximum Gasteiger partial charge on any atom is 0.262 e. The van der Waals surface area contributed by atoms with E-state index in [1.807, 2.05) is 6.92 Å². The highest BCUT2D eigenvalue weighted by atomic mass is 32.2. The summed E-state index contributed by atoms with van der Waals surface area (Å²) in [5, 5.41) is 11.8. The third-order valence-electron chi connectivity index (χ3n) is 2.28. The summed E-state index contributed by atoms with van der Waals surface area (Å²) in [6, 6.07) is 0. The fourth-order valence-electron chi connectivity index (χ4n) is 1.46. The topological polar surface area (TPSA) is 92.5 Å². The normalized spacial score (nSPS) is 11.0. The average molecular weight is 262 g/mol. The van der Waals surface area contributed by atoms with Gasteiger partial charge in [0.15, 0.2) is 5.65 Å². The Morgan fingerprint density at radius 1 is 1.33 bits per heavy atom. The lowest BCUT2D eigenvalue weighted by molar-refractivity contribution is 0.454. The molecule has 0 unspecified atom stereocenters. The Balaban J connectivity index is 2.06. The molecule has 0 radical (unpaired) electrons. The van der Waals surface area contributed by atoms with Crippen LogP contribution < -0.4 is 5.32 Å². The number of hydrogen-bond acceptors (Lipinski definition) is 7. The monoisotopic (exact) mass is 262 g/mol. The van der Waals surface area contributed by atoms with E-state index in [0.717, 1.165) is 16.1 Å². The van der Waals surface area contributed by atoms with Gasteiger partial charge in [-0.2, -0.15) is 10.1 Å². The van der Waals surface area contributed by atoms with Gasteiger partial charge in [0.2, 0.25) is 5.95 Å². The van der Waals surface area contributed by atoms with Crippen LogP contribution in [0.3, 0.4) is 0 Å². The van der Waals surface area contributed by atoms with E-state index in [4.69, 9.17) is 4.42 Å². The predicted octanol–water partition coefficient (Wildman–Crippen LogP) is 1.84. The van der Waals surface area contributed by atoms with Gasteiger partial charge < -0.3 is 9.73 Å². The number of nitrogens with one attached hydrogen (secondary N) is 2. The SMILES string of the molecule is CNc1nc(Sc2nc(C)co2)c2cn[nH]c2n1. The number of aromatic amines is 1. The lowest BCUT2D eigenvalue weighted by Gasteiger charge is -2.02. The van der Waals surface area contributed by atoms with Gasteiger partial charge in [-0.05, 0) is 18.7 Å². The number of aryl methyl sites for hydroxylation is 1. The largest absolute Gasteiger partial charge is 0.439 e. The van der Waals surface area contributed by atoms with E-state index >= 15 is 0 Å². The molecule has 0 aliphatic rings. The van der Waals surface area contributed by atoms with Crippen molar-refractivity contribution >= 4 is 28.7 Å². The van der Waals surface area contributed by atoms with E-state index in [-0.39, 0.29) is 0 Å². The zero-order chi connectivity index (χ0) is 12.5. The second-order valence-electron chi connectivity index (χ2n) is 3.59. The Hall–Kier alpha value is -2.09. The fourth-order valence-corrected chi connectivity index (χ4v) is 2.30. The Morgan fingerprint density at radius 2 is 2.22 bits per heavy atom. The lowest BCUT2D eigenvalue weighted by Crippen LogP contribution is -1.97. The van der Waals surface area contributed by atoms with Crippen LogP contribution in [0.25, 0.3) is 11.0 Å². The molecule has 0 saturated heterocycles. The van der Waals surface area contributed by atoms with Gasteiger partial charge in [0, 0.05) is 7.05 Å². The van der Waals surface area contributed by atoms with Gasteiger partial charge in [-0.25, -0.2) is 9.97 Å². The summed E-state index contributed by atoms with van der Waals surface area (Å²) in [5.74, 6) is 0.525. The average Bonchev–Trinajstić information content (AvgIpc) is 2.98. The molecule has 3 rings (SSSR count). The standard InChI is InChI=1S/C10H10N6OS/c1-5-4-17-10(13-5)18-8-6-3-12-16-7(6)14-9(11-2)15-8/h3-4H,1-2H3,(H2,11,12,14,15,16). The van der Waals surface area contributed by atoms with Gasteiger partial charge in [0.25, 0.3) is 5.22 Å². The van der Waals surface area contributed by atoms with Crippen molar-refractivity contribution in [3.8, 4) is 0 Å². The summed E-state index contributed by atoms with van der Waals surface area (Å²) in [4.78, 5) is 12.9. The van der Waals surface area contributed by atoms with Gasteiger partial charge >= 0.3 is 0 Å². The second-order valence-corrected chi connectivity index (χ2v) is 4.53. The minimum absolute atomic E-state index is 0.525. The Labute approximate surface area is 106 Å². The van der Waals surface area contributed by atoms with E-state index in [2.05, 4.69) is 30.5 Å². The maximum atomic E-state index is 5.31. The van der Waals surface area contributed by atoms with Crippen molar-refractivity contribution in [2.45, 2.75) is 17.2 Å². The molecule has 2 N–H and O–H groups in total. The van der Waals surface area contributed by atoms with Crippen LogP contribution in [0.1, 0.15) is 5.69 Å². The summed E-state index contributed by atoms with van der Waals surface area (Å²) in [6.07, 6.45) is 3.29. The highest BCUT2D eigenvalue weighted by molar-refractivity contribution is 7.99. The Kier molecular flexibility index (Phi) is 2.63. The van der Waals surface area contributed by atoms with E-state index in [1.165, 1.54) is 11.8 Å². The van der Waals surface area contributed by atoms with Gasteiger partial charge in [0.1, 0.15) is 11.3 Å². The van der Waals surface area contributed by atoms with E-state index in [1.54, 1.807) is 19.5 Å². The van der Waals surface area contributed by atoms with Crippen LogP contribution in [0, 0.1) is 6.92 Å². The molecule has 8 heteroatoms.